The smallest absolute Gasteiger partial charge is 0.344 e. The monoisotopic (exact) mass is 344 g/mol. The Kier molecular flexibility index (Phi) is 9.86. The van der Waals surface area contributed by atoms with Gasteiger partial charge in [-0.05, 0) is 57.6 Å². The highest BCUT2D eigenvalue weighted by Gasteiger charge is 2.24. The maximum Gasteiger partial charge on any atom is 0.344 e. The number of rotatable bonds is 7. The summed E-state index contributed by atoms with van der Waals surface area (Å²) < 4.78 is 5.16. The maximum absolute atomic E-state index is 11.4. The van der Waals surface area contributed by atoms with E-state index in [-0.39, 0.29) is 5.97 Å². The summed E-state index contributed by atoms with van der Waals surface area (Å²) in [4.78, 5) is 11.4. The largest absolute Gasteiger partial charge is 0.423 e. The fraction of sp³-hybridized carbons (Fsp3) is 0.500. The van der Waals surface area contributed by atoms with Gasteiger partial charge < -0.3 is 9.84 Å². The van der Waals surface area contributed by atoms with E-state index in [1.54, 1.807) is 6.07 Å². The van der Waals surface area contributed by atoms with E-state index in [0.717, 1.165) is 31.2 Å². The third-order valence-corrected chi connectivity index (χ3v) is 4.07. The fourth-order valence-corrected chi connectivity index (χ4v) is 2.53. The molecule has 1 aliphatic rings. The summed E-state index contributed by atoms with van der Waals surface area (Å²) in [7, 11) is 0. The highest BCUT2D eigenvalue weighted by molar-refractivity contribution is 6.02. The zero-order valence-electron chi connectivity index (χ0n) is 16.0. The Morgan fingerprint density at radius 1 is 1.16 bits per heavy atom. The molecule has 1 unspecified atom stereocenters. The second-order valence-electron chi connectivity index (χ2n) is 6.77. The number of cyclic esters (lactones) is 1. The van der Waals surface area contributed by atoms with E-state index in [1.807, 2.05) is 24.3 Å². The molecule has 138 valence electrons. The van der Waals surface area contributed by atoms with Gasteiger partial charge in [0.15, 0.2) is 0 Å². The summed E-state index contributed by atoms with van der Waals surface area (Å²) in [6.45, 7) is 8.86. The van der Waals surface area contributed by atoms with Crippen molar-refractivity contribution < 1.29 is 14.6 Å². The van der Waals surface area contributed by atoms with Crippen molar-refractivity contribution >= 4 is 11.7 Å². The Balaban J connectivity index is 0.000000260. The van der Waals surface area contributed by atoms with E-state index in [0.29, 0.717) is 23.8 Å². The molecule has 0 spiro atoms. The molecule has 3 nitrogen and oxygen atoms in total. The molecule has 0 fully saturated rings. The predicted octanol–water partition coefficient (Wildman–Crippen LogP) is 5.75. The number of hydrogen-bond acceptors (Lipinski definition) is 3. The first-order valence-corrected chi connectivity index (χ1v) is 9.25. The Bertz CT molecular complexity index is 595. The molecule has 2 rings (SSSR count). The molecule has 0 saturated heterocycles. The minimum Gasteiger partial charge on any atom is -0.423 e. The molecule has 0 saturated carbocycles. The number of hydrogen-bond donors (Lipinski definition) is 1. The summed E-state index contributed by atoms with van der Waals surface area (Å²) in [5.41, 5.74) is 2.99. The van der Waals surface area contributed by atoms with Crippen molar-refractivity contribution in [1.29, 1.82) is 0 Å². The van der Waals surface area contributed by atoms with Gasteiger partial charge in [0.05, 0.1) is 5.56 Å². The van der Waals surface area contributed by atoms with Crippen LogP contribution in [0.15, 0.2) is 42.0 Å². The molecule has 0 aliphatic carbocycles. The lowest BCUT2D eigenvalue weighted by molar-refractivity contribution is 0.0715. The Labute approximate surface area is 152 Å². The number of aliphatic hydroxyl groups excluding tert-OH is 1. The highest BCUT2D eigenvalue weighted by Crippen LogP contribution is 2.29. The number of fused-ring (bicyclic) bond motifs is 1. The number of benzene rings is 1. The van der Waals surface area contributed by atoms with Gasteiger partial charge in [-0.3, -0.25) is 0 Å². The number of allylic oxidation sites excluding steroid dienone is 3. The second-order valence-corrected chi connectivity index (χ2v) is 6.77. The Hall–Kier alpha value is -1.87. The second kappa shape index (κ2) is 11.6. The summed E-state index contributed by atoms with van der Waals surface area (Å²) in [6, 6.07) is 7.48. The normalized spacial score (nSPS) is 15.1. The standard InChI is InChI=1S/C12H12O2.C10H20O/c1-2-3-8-11-9-6-4-5-7-10(9)12(13)14-11;1-9(2)5-4-6-10(3)7-8-11/h4-8H,2-3H2,1H3;5,10-11H,4,6-8H2,1-3H3. The van der Waals surface area contributed by atoms with Gasteiger partial charge in [-0.15, -0.1) is 0 Å². The number of aliphatic hydroxyl groups is 1. The van der Waals surface area contributed by atoms with E-state index >= 15 is 0 Å². The molecular formula is C22H32O3. The minimum atomic E-state index is -0.233. The molecule has 1 heterocycles. The van der Waals surface area contributed by atoms with E-state index in [2.05, 4.69) is 33.8 Å². The first-order chi connectivity index (χ1) is 12.0. The number of esters is 1. The zero-order chi connectivity index (χ0) is 18.7. The van der Waals surface area contributed by atoms with Crippen LogP contribution in [-0.4, -0.2) is 17.7 Å². The molecule has 1 aromatic carbocycles. The van der Waals surface area contributed by atoms with Gasteiger partial charge in [-0.2, -0.15) is 0 Å². The molecule has 0 aromatic heterocycles. The van der Waals surface area contributed by atoms with Gasteiger partial charge in [0.2, 0.25) is 0 Å². The van der Waals surface area contributed by atoms with Crippen molar-refractivity contribution in [3.05, 3.63) is 53.1 Å². The molecule has 0 bridgehead atoms. The van der Waals surface area contributed by atoms with E-state index < -0.39 is 0 Å². The number of carbonyl (C=O) groups excluding carboxylic acids is 1. The zero-order valence-corrected chi connectivity index (χ0v) is 16.0. The predicted molar refractivity (Wildman–Crippen MR) is 104 cm³/mol. The van der Waals surface area contributed by atoms with Gasteiger partial charge in [0, 0.05) is 12.2 Å². The topological polar surface area (TPSA) is 46.5 Å². The van der Waals surface area contributed by atoms with Gasteiger partial charge in [0.1, 0.15) is 5.76 Å². The fourth-order valence-electron chi connectivity index (χ4n) is 2.53. The summed E-state index contributed by atoms with van der Waals surface area (Å²) in [5, 5.41) is 8.63. The average Bonchev–Trinajstić information content (AvgIpc) is 2.90. The Morgan fingerprint density at radius 2 is 1.84 bits per heavy atom. The lowest BCUT2D eigenvalue weighted by atomic mass is 10.0. The lowest BCUT2D eigenvalue weighted by Gasteiger charge is -2.06. The van der Waals surface area contributed by atoms with Crippen LogP contribution in [0.1, 0.15) is 75.7 Å². The van der Waals surface area contributed by atoms with Crippen LogP contribution >= 0.6 is 0 Å². The van der Waals surface area contributed by atoms with E-state index in [9.17, 15) is 4.79 Å². The van der Waals surface area contributed by atoms with Crippen LogP contribution in [-0.2, 0) is 4.74 Å². The third-order valence-electron chi connectivity index (χ3n) is 4.07. The highest BCUT2D eigenvalue weighted by atomic mass is 16.5. The van der Waals surface area contributed by atoms with Crippen LogP contribution in [0.5, 0.6) is 0 Å². The van der Waals surface area contributed by atoms with Crippen molar-refractivity contribution in [3.8, 4) is 0 Å². The molecule has 3 heteroatoms. The van der Waals surface area contributed by atoms with Crippen LogP contribution < -0.4 is 0 Å². The molecule has 0 radical (unpaired) electrons. The molecule has 1 aromatic rings. The minimum absolute atomic E-state index is 0.233. The molecule has 1 N–H and O–H groups in total. The van der Waals surface area contributed by atoms with Crippen molar-refractivity contribution in [3.63, 3.8) is 0 Å². The molecular weight excluding hydrogens is 312 g/mol. The number of unbranched alkanes of at least 4 members (excludes halogenated alkanes) is 1. The van der Waals surface area contributed by atoms with Gasteiger partial charge in [0.25, 0.3) is 0 Å². The van der Waals surface area contributed by atoms with Crippen LogP contribution in [0, 0.1) is 5.92 Å². The van der Waals surface area contributed by atoms with Gasteiger partial charge in [-0.25, -0.2) is 4.79 Å². The van der Waals surface area contributed by atoms with E-state index in [4.69, 9.17) is 9.84 Å². The van der Waals surface area contributed by atoms with Crippen LogP contribution in [0.3, 0.4) is 0 Å². The first kappa shape index (κ1) is 21.2. The average molecular weight is 344 g/mol. The summed E-state index contributed by atoms with van der Waals surface area (Å²) in [6.07, 6.45) is 9.53. The van der Waals surface area contributed by atoms with Crippen molar-refractivity contribution in [2.45, 2.75) is 59.8 Å². The van der Waals surface area contributed by atoms with Gasteiger partial charge >= 0.3 is 5.97 Å². The van der Waals surface area contributed by atoms with Gasteiger partial charge in [-0.1, -0.05) is 50.1 Å². The maximum atomic E-state index is 11.4. The summed E-state index contributed by atoms with van der Waals surface area (Å²) in [5.74, 6) is 1.14. The third kappa shape index (κ3) is 7.70. The molecule has 1 atom stereocenters. The van der Waals surface area contributed by atoms with Crippen molar-refractivity contribution in [1.82, 2.24) is 0 Å². The summed E-state index contributed by atoms with van der Waals surface area (Å²) >= 11 is 0. The molecule has 0 amide bonds. The van der Waals surface area contributed by atoms with Crippen LogP contribution in [0.2, 0.25) is 0 Å². The van der Waals surface area contributed by atoms with E-state index in [1.165, 1.54) is 12.0 Å². The molecule has 25 heavy (non-hydrogen) atoms. The van der Waals surface area contributed by atoms with Crippen LogP contribution in [0.4, 0.5) is 0 Å². The number of carbonyl (C=O) groups is 1. The van der Waals surface area contributed by atoms with Crippen molar-refractivity contribution in [2.24, 2.45) is 5.92 Å². The molecule has 1 aliphatic heterocycles. The quantitative estimate of drug-likeness (QED) is 0.506. The van der Waals surface area contributed by atoms with Crippen LogP contribution in [0.25, 0.3) is 5.76 Å². The Morgan fingerprint density at radius 3 is 2.44 bits per heavy atom. The SMILES string of the molecule is CC(C)=CCCC(C)CCO.CCCC=C1OC(=O)c2ccccc21. The first-order valence-electron chi connectivity index (χ1n) is 9.25. The van der Waals surface area contributed by atoms with Crippen molar-refractivity contribution in [2.75, 3.05) is 6.61 Å². The number of ether oxygens (including phenoxy) is 1. The lowest BCUT2D eigenvalue weighted by Crippen LogP contribution is -1.96.